The van der Waals surface area contributed by atoms with Gasteiger partial charge in [-0.3, -0.25) is 14.5 Å². The number of para-hydroxylation sites is 1. The SMILES string of the molecule is COC(=O)c1ccc(CN2C(=O)SC(=Cc3ccccc3OC)C2=O)o1. The van der Waals surface area contributed by atoms with Gasteiger partial charge in [-0.2, -0.15) is 0 Å². The Morgan fingerprint density at radius 2 is 1.96 bits per heavy atom. The number of methoxy groups -OCH3 is 2. The summed E-state index contributed by atoms with van der Waals surface area (Å²) in [6, 6.07) is 10.2. The third-order valence-corrected chi connectivity index (χ3v) is 4.57. The maximum absolute atomic E-state index is 12.6. The van der Waals surface area contributed by atoms with Crippen molar-refractivity contribution in [2.45, 2.75) is 6.54 Å². The normalized spacial score (nSPS) is 15.6. The van der Waals surface area contributed by atoms with Crippen molar-refractivity contribution in [2.24, 2.45) is 0 Å². The Bertz CT molecular complexity index is 901. The molecule has 8 heteroatoms. The van der Waals surface area contributed by atoms with Crippen LogP contribution in [0.5, 0.6) is 5.75 Å². The Hall–Kier alpha value is -3.00. The third kappa shape index (κ3) is 3.50. The quantitative estimate of drug-likeness (QED) is 0.587. The standard InChI is InChI=1S/C18H15NO6S/c1-23-13-6-4-3-5-11(13)9-15-16(20)19(18(22)26-15)10-12-7-8-14(25-12)17(21)24-2/h3-9H,10H2,1-2H3. The Morgan fingerprint density at radius 1 is 1.19 bits per heavy atom. The molecule has 1 fully saturated rings. The molecular weight excluding hydrogens is 358 g/mol. The van der Waals surface area contributed by atoms with E-state index in [2.05, 4.69) is 4.74 Å². The lowest BCUT2D eigenvalue weighted by atomic mass is 10.2. The molecule has 0 spiro atoms. The molecule has 1 aliphatic rings. The molecule has 2 aromatic rings. The van der Waals surface area contributed by atoms with Gasteiger partial charge in [-0.05, 0) is 36.0 Å². The number of thioether (sulfide) groups is 1. The number of benzene rings is 1. The molecule has 1 aromatic heterocycles. The number of hydrogen-bond acceptors (Lipinski definition) is 7. The van der Waals surface area contributed by atoms with Gasteiger partial charge in [-0.25, -0.2) is 4.79 Å². The maximum atomic E-state index is 12.6. The molecule has 7 nitrogen and oxygen atoms in total. The van der Waals surface area contributed by atoms with Gasteiger partial charge >= 0.3 is 5.97 Å². The molecular formula is C18H15NO6S. The second-order valence-corrected chi connectivity index (χ2v) is 6.26. The van der Waals surface area contributed by atoms with Crippen molar-refractivity contribution in [1.29, 1.82) is 0 Å². The molecule has 0 unspecified atom stereocenters. The van der Waals surface area contributed by atoms with Crippen molar-refractivity contribution in [3.63, 3.8) is 0 Å². The molecule has 1 aliphatic heterocycles. The molecule has 1 saturated heterocycles. The minimum absolute atomic E-state index is 0.0130. The van der Waals surface area contributed by atoms with Crippen LogP contribution in [0.15, 0.2) is 45.7 Å². The number of carbonyl (C=O) groups is 3. The third-order valence-electron chi connectivity index (χ3n) is 3.66. The molecule has 1 aromatic carbocycles. The Labute approximate surface area is 153 Å². The van der Waals surface area contributed by atoms with E-state index in [4.69, 9.17) is 9.15 Å². The largest absolute Gasteiger partial charge is 0.496 e. The first-order valence-corrected chi connectivity index (χ1v) is 8.40. The maximum Gasteiger partial charge on any atom is 0.373 e. The number of nitrogens with zero attached hydrogens (tertiary/aromatic N) is 1. The number of furan rings is 1. The first-order valence-electron chi connectivity index (χ1n) is 7.59. The van der Waals surface area contributed by atoms with Gasteiger partial charge in [0.25, 0.3) is 11.1 Å². The predicted octanol–water partition coefficient (Wildman–Crippen LogP) is 3.31. The number of carbonyl (C=O) groups excluding carboxylic acids is 3. The minimum atomic E-state index is -0.624. The molecule has 0 saturated carbocycles. The van der Waals surface area contributed by atoms with Gasteiger partial charge in [-0.15, -0.1) is 0 Å². The Kier molecular flexibility index (Phi) is 5.13. The average Bonchev–Trinajstić information content (AvgIpc) is 3.22. The first kappa shape index (κ1) is 17.8. The summed E-state index contributed by atoms with van der Waals surface area (Å²) in [5.74, 6) is -0.123. The zero-order valence-corrected chi connectivity index (χ0v) is 14.9. The van der Waals surface area contributed by atoms with Crippen molar-refractivity contribution in [3.8, 4) is 5.75 Å². The van der Waals surface area contributed by atoms with Crippen molar-refractivity contribution in [1.82, 2.24) is 4.90 Å². The van der Waals surface area contributed by atoms with Crippen LogP contribution in [0.4, 0.5) is 4.79 Å². The van der Waals surface area contributed by atoms with E-state index in [1.54, 1.807) is 18.2 Å². The zero-order chi connectivity index (χ0) is 18.7. The van der Waals surface area contributed by atoms with Gasteiger partial charge in [0, 0.05) is 5.56 Å². The van der Waals surface area contributed by atoms with E-state index in [0.29, 0.717) is 22.0 Å². The summed E-state index contributed by atoms with van der Waals surface area (Å²) >= 11 is 0.842. The first-order chi connectivity index (χ1) is 12.5. The molecule has 0 bridgehead atoms. The highest BCUT2D eigenvalue weighted by Gasteiger charge is 2.36. The van der Waals surface area contributed by atoms with Gasteiger partial charge in [0.1, 0.15) is 11.5 Å². The van der Waals surface area contributed by atoms with Crippen molar-refractivity contribution < 1.29 is 28.3 Å². The van der Waals surface area contributed by atoms with Crippen LogP contribution in [-0.2, 0) is 16.1 Å². The smallest absolute Gasteiger partial charge is 0.373 e. The fourth-order valence-electron chi connectivity index (χ4n) is 2.39. The van der Waals surface area contributed by atoms with Gasteiger partial charge in [0.05, 0.1) is 25.7 Å². The monoisotopic (exact) mass is 373 g/mol. The van der Waals surface area contributed by atoms with Gasteiger partial charge in [0.2, 0.25) is 5.76 Å². The van der Waals surface area contributed by atoms with Crippen LogP contribution >= 0.6 is 11.8 Å². The van der Waals surface area contributed by atoms with E-state index in [9.17, 15) is 14.4 Å². The Balaban J connectivity index is 1.80. The van der Waals surface area contributed by atoms with Crippen LogP contribution in [0.1, 0.15) is 21.9 Å². The van der Waals surface area contributed by atoms with Crippen molar-refractivity contribution in [3.05, 3.63) is 58.4 Å². The highest BCUT2D eigenvalue weighted by Crippen LogP contribution is 2.34. The van der Waals surface area contributed by atoms with Gasteiger partial charge in [0.15, 0.2) is 0 Å². The molecule has 3 rings (SSSR count). The number of rotatable bonds is 5. The van der Waals surface area contributed by atoms with E-state index in [0.717, 1.165) is 16.7 Å². The number of hydrogen-bond donors (Lipinski definition) is 0. The van der Waals surface area contributed by atoms with Crippen LogP contribution < -0.4 is 4.74 Å². The highest BCUT2D eigenvalue weighted by molar-refractivity contribution is 8.18. The second-order valence-electron chi connectivity index (χ2n) is 5.27. The topological polar surface area (TPSA) is 86.0 Å². The van der Waals surface area contributed by atoms with Gasteiger partial charge < -0.3 is 13.9 Å². The highest BCUT2D eigenvalue weighted by atomic mass is 32.2. The zero-order valence-electron chi connectivity index (χ0n) is 14.1. The summed E-state index contributed by atoms with van der Waals surface area (Å²) in [7, 11) is 2.78. The van der Waals surface area contributed by atoms with E-state index in [-0.39, 0.29) is 12.3 Å². The van der Waals surface area contributed by atoms with E-state index in [1.807, 2.05) is 12.1 Å². The molecule has 26 heavy (non-hydrogen) atoms. The number of esters is 1. The molecule has 2 amide bonds. The lowest BCUT2D eigenvalue weighted by Crippen LogP contribution is -2.27. The summed E-state index contributed by atoms with van der Waals surface area (Å²) in [6.07, 6.45) is 1.62. The molecule has 134 valence electrons. The van der Waals surface area contributed by atoms with Crippen molar-refractivity contribution in [2.75, 3.05) is 14.2 Å². The van der Waals surface area contributed by atoms with Crippen LogP contribution in [0, 0.1) is 0 Å². The molecule has 0 radical (unpaired) electrons. The minimum Gasteiger partial charge on any atom is -0.496 e. The molecule has 2 heterocycles. The second kappa shape index (κ2) is 7.49. The van der Waals surface area contributed by atoms with E-state index in [1.165, 1.54) is 26.4 Å². The summed E-state index contributed by atoms with van der Waals surface area (Å²) in [5.41, 5.74) is 0.700. The lowest BCUT2D eigenvalue weighted by Gasteiger charge is -2.10. The lowest BCUT2D eigenvalue weighted by molar-refractivity contribution is -0.123. The number of ether oxygens (including phenoxy) is 2. The summed E-state index contributed by atoms with van der Waals surface area (Å²) in [6.45, 7) is -0.0646. The van der Waals surface area contributed by atoms with Crippen molar-refractivity contribution >= 4 is 35.0 Å². The van der Waals surface area contributed by atoms with Crippen LogP contribution in [-0.4, -0.2) is 36.2 Å². The van der Waals surface area contributed by atoms with Crippen LogP contribution in [0.25, 0.3) is 6.08 Å². The average molecular weight is 373 g/mol. The molecule has 0 N–H and O–H groups in total. The van der Waals surface area contributed by atoms with Crippen LogP contribution in [0.3, 0.4) is 0 Å². The van der Waals surface area contributed by atoms with Gasteiger partial charge in [-0.1, -0.05) is 18.2 Å². The Morgan fingerprint density at radius 3 is 2.69 bits per heavy atom. The fourth-order valence-corrected chi connectivity index (χ4v) is 3.22. The van der Waals surface area contributed by atoms with E-state index < -0.39 is 17.1 Å². The summed E-state index contributed by atoms with van der Waals surface area (Å²) < 4.78 is 15.1. The number of amides is 2. The number of imide groups is 1. The molecule has 0 atom stereocenters. The van der Waals surface area contributed by atoms with E-state index >= 15 is 0 Å². The molecule has 0 aliphatic carbocycles. The van der Waals surface area contributed by atoms with Crippen LogP contribution in [0.2, 0.25) is 0 Å². The predicted molar refractivity (Wildman–Crippen MR) is 94.6 cm³/mol. The summed E-state index contributed by atoms with van der Waals surface area (Å²) in [4.78, 5) is 37.5. The summed E-state index contributed by atoms with van der Waals surface area (Å²) in [5, 5.41) is -0.410. The fraction of sp³-hybridized carbons (Fsp3) is 0.167.